The van der Waals surface area contributed by atoms with E-state index in [1.807, 2.05) is 0 Å². The van der Waals surface area contributed by atoms with Gasteiger partial charge in [0.1, 0.15) is 0 Å². The Morgan fingerprint density at radius 3 is 2.59 bits per heavy atom. The van der Waals surface area contributed by atoms with Gasteiger partial charge in [-0.3, -0.25) is 4.79 Å². The summed E-state index contributed by atoms with van der Waals surface area (Å²) < 4.78 is 5.38. The third-order valence-electron chi connectivity index (χ3n) is 2.47. The van der Waals surface area contributed by atoms with Crippen LogP contribution in [0.5, 0.6) is 0 Å². The highest BCUT2D eigenvalue weighted by atomic mass is 32.1. The van der Waals surface area contributed by atoms with E-state index in [1.165, 1.54) is 12.8 Å². The molecule has 0 bridgehead atoms. The Bertz CT molecular complexity index is 235. The van der Waals surface area contributed by atoms with E-state index in [4.69, 9.17) is 22.7 Å². The molecule has 0 aliphatic carbocycles. The monoisotopic (exact) mass is 260 g/mol. The molecule has 0 aliphatic rings. The van der Waals surface area contributed by atoms with Gasteiger partial charge in [-0.25, -0.2) is 0 Å². The Balaban J connectivity index is 3.47. The molecular formula is C12H24N2O2S. The summed E-state index contributed by atoms with van der Waals surface area (Å²) in [5.74, 6) is 0.0803. The molecule has 4 nitrogen and oxygen atoms in total. The van der Waals surface area contributed by atoms with Crippen molar-refractivity contribution in [2.75, 3.05) is 26.8 Å². The minimum atomic E-state index is 0.0803. The van der Waals surface area contributed by atoms with Crippen molar-refractivity contribution in [2.24, 2.45) is 5.73 Å². The molecule has 0 unspecified atom stereocenters. The minimum absolute atomic E-state index is 0.0803. The summed E-state index contributed by atoms with van der Waals surface area (Å²) in [7, 11) is 1.76. The van der Waals surface area contributed by atoms with Crippen LogP contribution in [0.2, 0.25) is 0 Å². The van der Waals surface area contributed by atoms with E-state index < -0.39 is 0 Å². The first-order valence-corrected chi connectivity index (χ1v) is 6.58. The molecule has 0 saturated heterocycles. The number of nitrogens with zero attached hydrogens (tertiary/aromatic N) is 1. The summed E-state index contributed by atoms with van der Waals surface area (Å²) in [4.78, 5) is 13.7. The quantitative estimate of drug-likeness (QED) is 0.480. The van der Waals surface area contributed by atoms with Crippen LogP contribution in [-0.2, 0) is 9.53 Å². The maximum absolute atomic E-state index is 11.6. The summed E-state index contributed by atoms with van der Waals surface area (Å²) in [5.41, 5.74) is 5.38. The summed E-state index contributed by atoms with van der Waals surface area (Å²) in [6.07, 6.45) is 4.45. The van der Waals surface area contributed by atoms with Crippen molar-refractivity contribution in [3.63, 3.8) is 0 Å². The number of carbonyl (C=O) groups excluding carboxylic acids is 1. The van der Waals surface area contributed by atoms with Gasteiger partial charge >= 0.3 is 0 Å². The molecule has 0 aromatic carbocycles. The number of amides is 1. The molecule has 0 aromatic heterocycles. The van der Waals surface area contributed by atoms with Crippen molar-refractivity contribution in [1.29, 1.82) is 0 Å². The molecule has 0 aliphatic heterocycles. The van der Waals surface area contributed by atoms with E-state index in [-0.39, 0.29) is 5.91 Å². The highest BCUT2D eigenvalue weighted by Gasteiger charge is 2.08. The van der Waals surface area contributed by atoms with E-state index in [1.54, 1.807) is 11.9 Å². The van der Waals surface area contributed by atoms with E-state index in [0.717, 1.165) is 13.0 Å². The standard InChI is InChI=1S/C12H24N2O2S/c1-3-4-5-9-16-10-7-12(15)14(2)8-6-11(13)17/h3-10H2,1-2H3,(H2,13,17). The molecule has 2 N–H and O–H groups in total. The third-order valence-corrected chi connectivity index (χ3v) is 2.68. The average molecular weight is 260 g/mol. The van der Waals surface area contributed by atoms with E-state index in [9.17, 15) is 4.79 Å². The van der Waals surface area contributed by atoms with E-state index in [2.05, 4.69) is 6.92 Å². The molecule has 100 valence electrons. The lowest BCUT2D eigenvalue weighted by Gasteiger charge is -2.16. The van der Waals surface area contributed by atoms with Crippen LogP contribution in [0.1, 0.15) is 39.0 Å². The maximum Gasteiger partial charge on any atom is 0.224 e. The van der Waals surface area contributed by atoms with Crippen molar-refractivity contribution < 1.29 is 9.53 Å². The molecule has 0 radical (unpaired) electrons. The molecule has 1 amide bonds. The minimum Gasteiger partial charge on any atom is -0.393 e. The average Bonchev–Trinajstić information content (AvgIpc) is 2.30. The Morgan fingerprint density at radius 2 is 2.00 bits per heavy atom. The highest BCUT2D eigenvalue weighted by molar-refractivity contribution is 7.80. The Kier molecular flexibility index (Phi) is 10.1. The van der Waals surface area contributed by atoms with Gasteiger partial charge in [-0.2, -0.15) is 0 Å². The van der Waals surface area contributed by atoms with Gasteiger partial charge in [-0.1, -0.05) is 32.0 Å². The van der Waals surface area contributed by atoms with Gasteiger partial charge in [-0.15, -0.1) is 0 Å². The summed E-state index contributed by atoms with van der Waals surface area (Å²) in [6.45, 7) is 3.99. The molecule has 0 aromatic rings. The van der Waals surface area contributed by atoms with Gasteiger partial charge in [0.05, 0.1) is 18.0 Å². The zero-order chi connectivity index (χ0) is 13.1. The normalized spacial score (nSPS) is 10.2. The number of unbranched alkanes of at least 4 members (excludes halogenated alkanes) is 2. The lowest BCUT2D eigenvalue weighted by Crippen LogP contribution is -2.30. The molecule has 0 spiro atoms. The number of thiocarbonyl (C=S) groups is 1. The number of carbonyl (C=O) groups is 1. The van der Waals surface area contributed by atoms with Crippen LogP contribution in [0, 0.1) is 0 Å². The summed E-state index contributed by atoms with van der Waals surface area (Å²) >= 11 is 4.76. The second-order valence-electron chi connectivity index (χ2n) is 4.10. The number of rotatable bonds is 10. The SMILES string of the molecule is CCCCCOCCC(=O)N(C)CCC(N)=S. The molecule has 0 heterocycles. The van der Waals surface area contributed by atoms with Crippen molar-refractivity contribution in [3.8, 4) is 0 Å². The first kappa shape index (κ1) is 16.3. The predicted molar refractivity (Wildman–Crippen MR) is 74.0 cm³/mol. The Labute approximate surface area is 109 Å². The Morgan fingerprint density at radius 1 is 1.29 bits per heavy atom. The van der Waals surface area contributed by atoms with E-state index in [0.29, 0.717) is 31.0 Å². The van der Waals surface area contributed by atoms with Crippen molar-refractivity contribution in [2.45, 2.75) is 39.0 Å². The third kappa shape index (κ3) is 10.2. The fourth-order valence-electron chi connectivity index (χ4n) is 1.31. The van der Waals surface area contributed by atoms with Gasteiger partial charge in [0, 0.05) is 26.6 Å². The molecule has 0 atom stereocenters. The van der Waals surface area contributed by atoms with Gasteiger partial charge in [0.15, 0.2) is 0 Å². The largest absolute Gasteiger partial charge is 0.393 e. The van der Waals surface area contributed by atoms with Crippen molar-refractivity contribution >= 4 is 23.1 Å². The van der Waals surface area contributed by atoms with Gasteiger partial charge in [0.25, 0.3) is 0 Å². The van der Waals surface area contributed by atoms with Crippen LogP contribution in [0.15, 0.2) is 0 Å². The van der Waals surface area contributed by atoms with Crippen molar-refractivity contribution in [3.05, 3.63) is 0 Å². The molecule has 0 fully saturated rings. The van der Waals surface area contributed by atoms with E-state index >= 15 is 0 Å². The topological polar surface area (TPSA) is 55.6 Å². The van der Waals surface area contributed by atoms with Crippen molar-refractivity contribution in [1.82, 2.24) is 4.90 Å². The van der Waals surface area contributed by atoms with Gasteiger partial charge in [0.2, 0.25) is 5.91 Å². The number of hydrogen-bond donors (Lipinski definition) is 1. The lowest BCUT2D eigenvalue weighted by atomic mass is 10.3. The van der Waals surface area contributed by atoms with Gasteiger partial charge < -0.3 is 15.4 Å². The zero-order valence-electron chi connectivity index (χ0n) is 10.9. The molecule has 0 saturated carbocycles. The van der Waals surface area contributed by atoms with Crippen LogP contribution in [0.3, 0.4) is 0 Å². The summed E-state index contributed by atoms with van der Waals surface area (Å²) in [5, 5.41) is 0. The lowest BCUT2D eigenvalue weighted by molar-refractivity contribution is -0.130. The summed E-state index contributed by atoms with van der Waals surface area (Å²) in [6, 6.07) is 0. The van der Waals surface area contributed by atoms with Crippen LogP contribution in [0.25, 0.3) is 0 Å². The molecular weight excluding hydrogens is 236 g/mol. The number of hydrogen-bond acceptors (Lipinski definition) is 3. The van der Waals surface area contributed by atoms with Gasteiger partial charge in [-0.05, 0) is 6.42 Å². The second kappa shape index (κ2) is 10.5. The molecule has 17 heavy (non-hydrogen) atoms. The van der Waals surface area contributed by atoms with Crippen LogP contribution >= 0.6 is 12.2 Å². The van der Waals surface area contributed by atoms with Crippen LogP contribution in [0.4, 0.5) is 0 Å². The first-order valence-electron chi connectivity index (χ1n) is 6.18. The molecule has 0 rings (SSSR count). The number of nitrogens with two attached hydrogens (primary N) is 1. The predicted octanol–water partition coefficient (Wildman–Crippen LogP) is 1.72. The molecule has 5 heteroatoms. The van der Waals surface area contributed by atoms with Crippen LogP contribution in [-0.4, -0.2) is 42.6 Å². The highest BCUT2D eigenvalue weighted by Crippen LogP contribution is 1.97. The second-order valence-corrected chi connectivity index (χ2v) is 4.63. The fraction of sp³-hybridized carbons (Fsp3) is 0.833. The van der Waals surface area contributed by atoms with Crippen LogP contribution < -0.4 is 5.73 Å². The Hall–Kier alpha value is -0.680. The number of ether oxygens (including phenoxy) is 1. The zero-order valence-corrected chi connectivity index (χ0v) is 11.7. The first-order chi connectivity index (χ1) is 8.07. The fourth-order valence-corrected chi connectivity index (χ4v) is 1.40. The smallest absolute Gasteiger partial charge is 0.224 e. The maximum atomic E-state index is 11.6.